The lowest BCUT2D eigenvalue weighted by Gasteiger charge is -2.18. The van der Waals surface area contributed by atoms with Crippen LogP contribution in [0.1, 0.15) is 0 Å². The summed E-state index contributed by atoms with van der Waals surface area (Å²) in [5.74, 6) is 0. The van der Waals surface area contributed by atoms with Crippen LogP contribution in [0.25, 0.3) is 88.0 Å². The molecule has 0 aliphatic carbocycles. The largest absolute Gasteiger partial charge is 0.456 e. The van der Waals surface area contributed by atoms with Gasteiger partial charge in [-0.15, -0.1) is 0 Å². The molecule has 0 aliphatic rings. The molecule has 10 rings (SSSR count). The van der Waals surface area contributed by atoms with Crippen LogP contribution in [0.4, 0.5) is 11.4 Å². The van der Waals surface area contributed by atoms with Crippen LogP contribution in [0.15, 0.2) is 199 Å². The van der Waals surface area contributed by atoms with Gasteiger partial charge in [0.2, 0.25) is 0 Å². The molecular weight excluding hydrogens is 631 g/mol. The van der Waals surface area contributed by atoms with E-state index < -0.39 is 0 Å². The molecule has 244 valence electrons. The minimum Gasteiger partial charge on any atom is -0.456 e. The summed E-state index contributed by atoms with van der Waals surface area (Å²) in [5.41, 5.74) is 13.6. The SMILES string of the molecule is c1ccc(-c2cccc(-c3c4ccccc4c(-c4ccc(Nc5ccccc5-c5ccc6oc7ccccc7c6c5)cc4)c4ccccc34)c2)cc1. The van der Waals surface area contributed by atoms with Crippen LogP contribution >= 0.6 is 0 Å². The third-order valence-electron chi connectivity index (χ3n) is 10.3. The van der Waals surface area contributed by atoms with Gasteiger partial charge in [-0.1, -0.05) is 152 Å². The van der Waals surface area contributed by atoms with E-state index in [2.05, 4.69) is 187 Å². The molecule has 0 bridgehead atoms. The molecule has 2 nitrogen and oxygen atoms in total. The number of anilines is 2. The second-order valence-electron chi connectivity index (χ2n) is 13.3. The van der Waals surface area contributed by atoms with Crippen LogP contribution in [-0.4, -0.2) is 0 Å². The summed E-state index contributed by atoms with van der Waals surface area (Å²) in [6, 6.07) is 69.4. The van der Waals surface area contributed by atoms with Crippen molar-refractivity contribution in [3.63, 3.8) is 0 Å². The maximum Gasteiger partial charge on any atom is 0.135 e. The maximum absolute atomic E-state index is 6.11. The van der Waals surface area contributed by atoms with Crippen LogP contribution < -0.4 is 5.32 Å². The summed E-state index contributed by atoms with van der Waals surface area (Å²) in [6.07, 6.45) is 0. The Labute approximate surface area is 302 Å². The van der Waals surface area contributed by atoms with Crippen molar-refractivity contribution < 1.29 is 4.42 Å². The summed E-state index contributed by atoms with van der Waals surface area (Å²) in [6.45, 7) is 0. The summed E-state index contributed by atoms with van der Waals surface area (Å²) < 4.78 is 6.11. The van der Waals surface area contributed by atoms with Crippen molar-refractivity contribution in [2.45, 2.75) is 0 Å². The highest BCUT2D eigenvalue weighted by Gasteiger charge is 2.17. The lowest BCUT2D eigenvalue weighted by atomic mass is 9.85. The van der Waals surface area contributed by atoms with E-state index in [1.807, 2.05) is 12.1 Å². The Bertz CT molecular complexity index is 2860. The molecule has 0 unspecified atom stereocenters. The molecule has 52 heavy (non-hydrogen) atoms. The van der Waals surface area contributed by atoms with Gasteiger partial charge in [0.05, 0.1) is 0 Å². The molecule has 1 N–H and O–H groups in total. The van der Waals surface area contributed by atoms with Gasteiger partial charge in [0.25, 0.3) is 0 Å². The first kappa shape index (κ1) is 30.0. The zero-order valence-corrected chi connectivity index (χ0v) is 28.4. The fourth-order valence-corrected chi connectivity index (χ4v) is 7.85. The topological polar surface area (TPSA) is 25.2 Å². The van der Waals surface area contributed by atoms with Gasteiger partial charge < -0.3 is 9.73 Å². The zero-order valence-electron chi connectivity index (χ0n) is 28.4. The van der Waals surface area contributed by atoms with E-state index in [9.17, 15) is 0 Å². The molecule has 0 spiro atoms. The number of fused-ring (bicyclic) bond motifs is 5. The molecule has 1 heterocycles. The van der Waals surface area contributed by atoms with Crippen LogP contribution in [0.2, 0.25) is 0 Å². The van der Waals surface area contributed by atoms with Crippen molar-refractivity contribution in [1.82, 2.24) is 0 Å². The third kappa shape index (κ3) is 5.12. The minimum absolute atomic E-state index is 0.903. The summed E-state index contributed by atoms with van der Waals surface area (Å²) in [5, 5.41) is 11.0. The molecule has 0 saturated heterocycles. The maximum atomic E-state index is 6.11. The molecule has 0 aliphatic heterocycles. The van der Waals surface area contributed by atoms with Crippen molar-refractivity contribution in [2.75, 3.05) is 5.32 Å². The lowest BCUT2D eigenvalue weighted by molar-refractivity contribution is 0.669. The molecule has 0 fully saturated rings. The quantitative estimate of drug-likeness (QED) is 0.179. The first-order valence-electron chi connectivity index (χ1n) is 17.8. The van der Waals surface area contributed by atoms with E-state index in [1.54, 1.807) is 0 Å². The number of rotatable bonds is 6. The van der Waals surface area contributed by atoms with E-state index in [0.29, 0.717) is 0 Å². The molecule has 2 heteroatoms. The Morgan fingerprint density at radius 2 is 0.846 bits per heavy atom. The number of para-hydroxylation sites is 2. The first-order valence-corrected chi connectivity index (χ1v) is 17.8. The van der Waals surface area contributed by atoms with Crippen LogP contribution in [0.3, 0.4) is 0 Å². The van der Waals surface area contributed by atoms with E-state index in [4.69, 9.17) is 4.42 Å². The Kier molecular flexibility index (Phi) is 7.18. The Balaban J connectivity index is 1.04. The standard InChI is InChI=1S/C50H33NO/c1-2-13-33(14-3-1)35-15-12-16-37(31-35)50-43-21-6-4-19-41(43)49(42-20-5-7-22-44(42)50)34-25-28-38(29-26-34)51-46-23-10-8-17-39(46)36-27-30-48-45(32-36)40-18-9-11-24-47(40)52-48/h1-32,51H. The monoisotopic (exact) mass is 663 g/mol. The number of hydrogen-bond donors (Lipinski definition) is 1. The molecule has 1 aromatic heterocycles. The van der Waals surface area contributed by atoms with Gasteiger partial charge in [0.1, 0.15) is 11.2 Å². The van der Waals surface area contributed by atoms with Gasteiger partial charge in [-0.25, -0.2) is 0 Å². The summed E-state index contributed by atoms with van der Waals surface area (Å²) >= 11 is 0. The fraction of sp³-hybridized carbons (Fsp3) is 0. The lowest BCUT2D eigenvalue weighted by Crippen LogP contribution is -1.94. The van der Waals surface area contributed by atoms with Gasteiger partial charge in [-0.05, 0) is 103 Å². The highest BCUT2D eigenvalue weighted by atomic mass is 16.3. The molecule has 0 atom stereocenters. The Morgan fingerprint density at radius 3 is 1.58 bits per heavy atom. The predicted molar refractivity (Wildman–Crippen MR) is 220 cm³/mol. The zero-order chi connectivity index (χ0) is 34.4. The van der Waals surface area contributed by atoms with Crippen molar-refractivity contribution >= 4 is 54.9 Å². The van der Waals surface area contributed by atoms with Crippen LogP contribution in [-0.2, 0) is 0 Å². The van der Waals surface area contributed by atoms with Crippen molar-refractivity contribution in [1.29, 1.82) is 0 Å². The van der Waals surface area contributed by atoms with Crippen molar-refractivity contribution in [2.24, 2.45) is 0 Å². The average molecular weight is 664 g/mol. The Morgan fingerprint density at radius 1 is 0.308 bits per heavy atom. The average Bonchev–Trinajstić information content (AvgIpc) is 3.59. The van der Waals surface area contributed by atoms with Gasteiger partial charge in [0.15, 0.2) is 0 Å². The van der Waals surface area contributed by atoms with E-state index in [1.165, 1.54) is 54.9 Å². The summed E-state index contributed by atoms with van der Waals surface area (Å²) in [4.78, 5) is 0. The van der Waals surface area contributed by atoms with Gasteiger partial charge in [0, 0.05) is 27.7 Å². The molecule has 0 amide bonds. The number of furan rings is 1. The number of benzene rings is 9. The highest BCUT2D eigenvalue weighted by molar-refractivity contribution is 6.21. The second kappa shape index (κ2) is 12.5. The normalized spacial score (nSPS) is 11.5. The minimum atomic E-state index is 0.903. The van der Waals surface area contributed by atoms with Crippen LogP contribution in [0.5, 0.6) is 0 Å². The van der Waals surface area contributed by atoms with Gasteiger partial charge in [-0.2, -0.15) is 0 Å². The first-order chi connectivity index (χ1) is 25.8. The molecule has 10 aromatic rings. The smallest absolute Gasteiger partial charge is 0.135 e. The fourth-order valence-electron chi connectivity index (χ4n) is 7.85. The van der Waals surface area contributed by atoms with Crippen molar-refractivity contribution in [3.05, 3.63) is 194 Å². The van der Waals surface area contributed by atoms with E-state index in [-0.39, 0.29) is 0 Å². The molecule has 0 saturated carbocycles. The van der Waals surface area contributed by atoms with Gasteiger partial charge >= 0.3 is 0 Å². The summed E-state index contributed by atoms with van der Waals surface area (Å²) in [7, 11) is 0. The Hall–Kier alpha value is -6.90. The van der Waals surface area contributed by atoms with Crippen molar-refractivity contribution in [3.8, 4) is 44.5 Å². The molecular formula is C50H33NO. The van der Waals surface area contributed by atoms with E-state index in [0.717, 1.165) is 44.4 Å². The number of hydrogen-bond acceptors (Lipinski definition) is 2. The van der Waals surface area contributed by atoms with Crippen LogP contribution in [0, 0.1) is 0 Å². The highest BCUT2D eigenvalue weighted by Crippen LogP contribution is 2.44. The number of nitrogens with one attached hydrogen (secondary N) is 1. The van der Waals surface area contributed by atoms with Gasteiger partial charge in [-0.3, -0.25) is 0 Å². The predicted octanol–water partition coefficient (Wildman–Crippen LogP) is 14.3. The van der Waals surface area contributed by atoms with E-state index >= 15 is 0 Å². The third-order valence-corrected chi connectivity index (χ3v) is 10.3. The second-order valence-corrected chi connectivity index (χ2v) is 13.3. The molecule has 9 aromatic carbocycles. The molecule has 0 radical (unpaired) electrons.